The first-order chi connectivity index (χ1) is 13.5. The maximum atomic E-state index is 10.5. The van der Waals surface area contributed by atoms with Crippen LogP contribution in [0.2, 0.25) is 0 Å². The highest BCUT2D eigenvalue weighted by Gasteiger charge is 2.20. The Labute approximate surface area is 162 Å². The molecule has 0 bridgehead atoms. The molecule has 144 valence electrons. The van der Waals surface area contributed by atoms with Gasteiger partial charge in [-0.25, -0.2) is 4.98 Å². The molecule has 4 rings (SSSR count). The van der Waals surface area contributed by atoms with Gasteiger partial charge in [0.05, 0.1) is 6.10 Å². The fourth-order valence-corrected chi connectivity index (χ4v) is 3.39. The monoisotopic (exact) mass is 377 g/mol. The second-order valence-corrected chi connectivity index (χ2v) is 7.40. The molecular formula is C21H23N5O2. The van der Waals surface area contributed by atoms with E-state index >= 15 is 0 Å². The Hall–Kier alpha value is -3.03. The maximum Gasteiger partial charge on any atom is 0.161 e. The zero-order valence-electron chi connectivity index (χ0n) is 15.8. The Morgan fingerprint density at radius 1 is 1.14 bits per heavy atom. The Bertz CT molecular complexity index is 1070. The third kappa shape index (κ3) is 3.54. The maximum absolute atomic E-state index is 10.5. The molecule has 0 aliphatic carbocycles. The first kappa shape index (κ1) is 18.3. The summed E-state index contributed by atoms with van der Waals surface area (Å²) in [5.41, 5.74) is 3.28. The summed E-state index contributed by atoms with van der Waals surface area (Å²) in [7, 11) is 0. The predicted octanol–water partition coefficient (Wildman–Crippen LogP) is 3.25. The summed E-state index contributed by atoms with van der Waals surface area (Å²) in [6, 6.07) is 11.8. The topological polar surface area (TPSA) is 99.8 Å². The third-order valence-corrected chi connectivity index (χ3v) is 4.78. The second kappa shape index (κ2) is 7.53. The van der Waals surface area contributed by atoms with Crippen LogP contribution in [0.4, 0.5) is 0 Å². The van der Waals surface area contributed by atoms with Gasteiger partial charge in [0, 0.05) is 34.6 Å². The lowest BCUT2D eigenvalue weighted by atomic mass is 9.97. The van der Waals surface area contributed by atoms with Crippen molar-refractivity contribution in [3.05, 3.63) is 60.7 Å². The molecule has 0 unspecified atom stereocenters. The van der Waals surface area contributed by atoms with Crippen LogP contribution in [0, 0.1) is 5.92 Å². The van der Waals surface area contributed by atoms with Crippen LogP contribution in [0.25, 0.3) is 28.1 Å². The molecule has 3 heterocycles. The molecule has 3 aromatic heterocycles. The molecule has 0 spiro atoms. The Morgan fingerprint density at radius 3 is 2.75 bits per heavy atom. The van der Waals surface area contributed by atoms with Gasteiger partial charge in [0.1, 0.15) is 18.1 Å². The minimum absolute atomic E-state index is 0.305. The number of hydrogen-bond acceptors (Lipinski definition) is 5. The number of hydrogen-bond donors (Lipinski definition) is 3. The number of nitrogens with one attached hydrogen (secondary N) is 1. The van der Waals surface area contributed by atoms with E-state index in [2.05, 4.69) is 20.2 Å². The van der Waals surface area contributed by atoms with Crippen LogP contribution in [-0.4, -0.2) is 41.0 Å². The molecule has 1 aromatic carbocycles. The van der Waals surface area contributed by atoms with Gasteiger partial charge in [-0.2, -0.15) is 0 Å². The fraction of sp³-hybridized carbons (Fsp3) is 0.286. The predicted molar refractivity (Wildman–Crippen MR) is 107 cm³/mol. The van der Waals surface area contributed by atoms with Crippen molar-refractivity contribution in [3.8, 4) is 17.1 Å². The second-order valence-electron chi connectivity index (χ2n) is 7.40. The van der Waals surface area contributed by atoms with Crippen LogP contribution in [0.1, 0.15) is 31.9 Å². The lowest BCUT2D eigenvalue weighted by molar-refractivity contribution is 0.00624. The highest BCUT2D eigenvalue weighted by Crippen LogP contribution is 2.27. The van der Waals surface area contributed by atoms with E-state index in [0.29, 0.717) is 23.7 Å². The summed E-state index contributed by atoms with van der Waals surface area (Å²) in [5.74, 6) is 1.01. The van der Waals surface area contributed by atoms with Gasteiger partial charge in [0.2, 0.25) is 0 Å². The highest BCUT2D eigenvalue weighted by atomic mass is 16.3. The van der Waals surface area contributed by atoms with E-state index in [1.807, 2.05) is 61.0 Å². The summed E-state index contributed by atoms with van der Waals surface area (Å²) < 4.78 is 1.98. The van der Waals surface area contributed by atoms with Crippen molar-refractivity contribution < 1.29 is 10.2 Å². The molecule has 0 aliphatic rings. The molecule has 0 saturated carbocycles. The summed E-state index contributed by atoms with van der Waals surface area (Å²) in [5, 5.41) is 29.5. The van der Waals surface area contributed by atoms with Crippen molar-refractivity contribution in [1.29, 1.82) is 0 Å². The number of pyridine rings is 1. The lowest BCUT2D eigenvalue weighted by Gasteiger charge is -2.19. The molecule has 0 aliphatic heterocycles. The molecule has 7 nitrogen and oxygen atoms in total. The zero-order valence-corrected chi connectivity index (χ0v) is 15.8. The van der Waals surface area contributed by atoms with Crippen molar-refractivity contribution >= 4 is 11.0 Å². The van der Waals surface area contributed by atoms with Crippen molar-refractivity contribution in [1.82, 2.24) is 24.7 Å². The van der Waals surface area contributed by atoms with Gasteiger partial charge in [-0.05, 0) is 36.6 Å². The van der Waals surface area contributed by atoms with E-state index in [1.165, 1.54) is 0 Å². The largest absolute Gasteiger partial charge is 0.390 e. The minimum atomic E-state index is -0.947. The number of fused-ring (bicyclic) bond motifs is 1. The molecule has 28 heavy (non-hydrogen) atoms. The quantitative estimate of drug-likeness (QED) is 0.479. The van der Waals surface area contributed by atoms with E-state index in [-0.39, 0.29) is 0 Å². The van der Waals surface area contributed by atoms with Gasteiger partial charge in [-0.15, -0.1) is 10.2 Å². The first-order valence-corrected chi connectivity index (χ1v) is 9.33. The van der Waals surface area contributed by atoms with E-state index in [0.717, 1.165) is 22.3 Å². The number of aromatic nitrogens is 5. The summed E-state index contributed by atoms with van der Waals surface area (Å²) in [6.45, 7) is 4.04. The van der Waals surface area contributed by atoms with Crippen molar-refractivity contribution in [2.24, 2.45) is 5.92 Å². The van der Waals surface area contributed by atoms with Gasteiger partial charge in [0.15, 0.2) is 5.82 Å². The Morgan fingerprint density at radius 2 is 2.00 bits per heavy atom. The Balaban J connectivity index is 1.66. The summed E-state index contributed by atoms with van der Waals surface area (Å²) in [4.78, 5) is 7.56. The van der Waals surface area contributed by atoms with Gasteiger partial charge in [-0.3, -0.25) is 0 Å². The van der Waals surface area contributed by atoms with Crippen LogP contribution in [0.15, 0.2) is 55.1 Å². The number of benzene rings is 1. The smallest absolute Gasteiger partial charge is 0.161 e. The molecule has 0 fully saturated rings. The number of H-pyrrole nitrogens is 1. The van der Waals surface area contributed by atoms with Crippen LogP contribution < -0.4 is 0 Å². The minimum Gasteiger partial charge on any atom is -0.390 e. The number of nitrogens with zero attached hydrogens (tertiary/aromatic N) is 4. The van der Waals surface area contributed by atoms with E-state index in [9.17, 15) is 10.2 Å². The van der Waals surface area contributed by atoms with Crippen molar-refractivity contribution in [3.63, 3.8) is 0 Å². The molecule has 0 saturated heterocycles. The first-order valence-electron chi connectivity index (χ1n) is 9.33. The van der Waals surface area contributed by atoms with Crippen LogP contribution in [-0.2, 0) is 0 Å². The molecule has 3 N–H and O–H groups in total. The van der Waals surface area contributed by atoms with Gasteiger partial charge < -0.3 is 19.8 Å². The third-order valence-electron chi connectivity index (χ3n) is 4.78. The standard InChI is InChI=1S/C21H23N5O2/c1-13(2)8-18(27)19(28)16-9-15-6-7-26(21(15)22-11-16)17-5-3-4-14(10-17)20-23-12-24-25-20/h3-7,9-13,18-19,27-28H,8H2,1-2H3,(H,23,24,25)/t18-,19-/m0/s1. The van der Waals surface area contributed by atoms with E-state index in [1.54, 1.807) is 12.5 Å². The van der Waals surface area contributed by atoms with Crippen molar-refractivity contribution in [2.45, 2.75) is 32.5 Å². The molecule has 0 radical (unpaired) electrons. The van der Waals surface area contributed by atoms with Crippen LogP contribution in [0.3, 0.4) is 0 Å². The summed E-state index contributed by atoms with van der Waals surface area (Å²) in [6.07, 6.45) is 3.91. The van der Waals surface area contributed by atoms with Crippen LogP contribution in [0.5, 0.6) is 0 Å². The van der Waals surface area contributed by atoms with Crippen molar-refractivity contribution in [2.75, 3.05) is 0 Å². The number of aliphatic hydroxyl groups excluding tert-OH is 2. The zero-order chi connectivity index (χ0) is 19.7. The number of aliphatic hydroxyl groups is 2. The fourth-order valence-electron chi connectivity index (χ4n) is 3.39. The SMILES string of the molecule is CC(C)C[C@H](O)[C@@H](O)c1cnc2c(ccn2-c2cccc(-c3nnc[nH]3)c2)c1. The van der Waals surface area contributed by atoms with Gasteiger partial charge in [0.25, 0.3) is 0 Å². The number of aromatic amines is 1. The summed E-state index contributed by atoms with van der Waals surface area (Å²) >= 11 is 0. The highest BCUT2D eigenvalue weighted by molar-refractivity contribution is 5.79. The van der Waals surface area contributed by atoms with Crippen LogP contribution >= 0.6 is 0 Å². The van der Waals surface area contributed by atoms with E-state index in [4.69, 9.17) is 0 Å². The average Bonchev–Trinajstić information content (AvgIpc) is 3.36. The normalized spacial score (nSPS) is 13.9. The van der Waals surface area contributed by atoms with Gasteiger partial charge in [-0.1, -0.05) is 26.0 Å². The molecular weight excluding hydrogens is 354 g/mol. The number of rotatable bonds is 6. The molecule has 7 heteroatoms. The average molecular weight is 377 g/mol. The molecule has 2 atom stereocenters. The van der Waals surface area contributed by atoms with E-state index < -0.39 is 12.2 Å². The molecule has 0 amide bonds. The van der Waals surface area contributed by atoms with Gasteiger partial charge >= 0.3 is 0 Å². The molecule has 4 aromatic rings. The Kier molecular flexibility index (Phi) is 4.93. The lowest BCUT2D eigenvalue weighted by Crippen LogP contribution is -2.20.